The normalized spacial score (nSPS) is 22.2. The summed E-state index contributed by atoms with van der Waals surface area (Å²) in [6, 6.07) is 23.0. The molecule has 3 atom stereocenters. The molecule has 0 unspecified atom stereocenters. The fraction of sp³-hybridized carbons (Fsp3) is 0.321. The first-order chi connectivity index (χ1) is 16.0. The average Bonchev–Trinajstić information content (AvgIpc) is 3.04. The number of piperidine rings is 1. The molecule has 5 heteroatoms. The van der Waals surface area contributed by atoms with Crippen LogP contribution < -0.4 is 10.1 Å². The standard InChI is InChI=1S/C28H29FN2O2/c1-31-24-13-14-25(31)17-27(16-24)33-26-4-2-3-19(15-26)18-30-28(32)22-7-5-20(6-8-22)21-9-11-23(29)12-10-21/h2-12,15,24-25,27H,13-14,16-18H2,1H3,(H,30,32)/t24-,25+,27+. The molecule has 1 amide bonds. The summed E-state index contributed by atoms with van der Waals surface area (Å²) in [5, 5.41) is 2.99. The van der Waals surface area contributed by atoms with E-state index in [1.165, 1.54) is 25.0 Å². The number of halogens is 1. The number of benzene rings is 3. The number of nitrogens with one attached hydrogen (secondary N) is 1. The first-order valence-electron chi connectivity index (χ1n) is 11.7. The van der Waals surface area contributed by atoms with Crippen molar-refractivity contribution in [3.8, 4) is 16.9 Å². The predicted molar refractivity (Wildman–Crippen MR) is 128 cm³/mol. The number of ether oxygens (including phenoxy) is 1. The zero-order chi connectivity index (χ0) is 22.8. The second-order valence-corrected chi connectivity index (χ2v) is 9.18. The lowest BCUT2D eigenvalue weighted by molar-refractivity contribution is 0.0661. The molecule has 2 fully saturated rings. The highest BCUT2D eigenvalue weighted by atomic mass is 19.1. The van der Waals surface area contributed by atoms with Crippen molar-refractivity contribution < 1.29 is 13.9 Å². The van der Waals surface area contributed by atoms with Crippen molar-refractivity contribution in [1.82, 2.24) is 10.2 Å². The van der Waals surface area contributed by atoms with E-state index in [1.54, 1.807) is 24.3 Å². The van der Waals surface area contributed by atoms with Gasteiger partial charge >= 0.3 is 0 Å². The van der Waals surface area contributed by atoms with Crippen molar-refractivity contribution in [1.29, 1.82) is 0 Å². The minimum absolute atomic E-state index is 0.126. The van der Waals surface area contributed by atoms with Crippen LogP contribution in [0.5, 0.6) is 5.75 Å². The lowest BCUT2D eigenvalue weighted by Gasteiger charge is -2.36. The minimum atomic E-state index is -0.261. The quantitative estimate of drug-likeness (QED) is 0.552. The summed E-state index contributed by atoms with van der Waals surface area (Å²) in [6.07, 6.45) is 4.99. The van der Waals surface area contributed by atoms with E-state index < -0.39 is 0 Å². The zero-order valence-electron chi connectivity index (χ0n) is 18.8. The Morgan fingerprint density at radius 2 is 1.61 bits per heavy atom. The maximum atomic E-state index is 13.1. The Hall–Kier alpha value is -3.18. The lowest BCUT2D eigenvalue weighted by atomic mass is 10.0. The van der Waals surface area contributed by atoms with Crippen LogP contribution in [0, 0.1) is 5.82 Å². The van der Waals surface area contributed by atoms with Crippen molar-refractivity contribution in [3.63, 3.8) is 0 Å². The zero-order valence-corrected chi connectivity index (χ0v) is 18.8. The molecule has 2 saturated heterocycles. The molecule has 0 saturated carbocycles. The van der Waals surface area contributed by atoms with E-state index in [9.17, 15) is 9.18 Å². The summed E-state index contributed by atoms with van der Waals surface area (Å²) in [6.45, 7) is 0.439. The van der Waals surface area contributed by atoms with Crippen LogP contribution in [0.25, 0.3) is 11.1 Å². The van der Waals surface area contributed by atoms with Crippen molar-refractivity contribution in [3.05, 3.63) is 89.7 Å². The van der Waals surface area contributed by atoms with Gasteiger partial charge < -0.3 is 15.0 Å². The van der Waals surface area contributed by atoms with E-state index in [-0.39, 0.29) is 17.8 Å². The molecule has 170 valence electrons. The molecule has 0 radical (unpaired) electrons. The number of rotatable bonds is 6. The topological polar surface area (TPSA) is 41.6 Å². The van der Waals surface area contributed by atoms with Gasteiger partial charge in [-0.1, -0.05) is 36.4 Å². The van der Waals surface area contributed by atoms with Gasteiger partial charge in [0, 0.05) is 24.2 Å². The molecule has 0 spiro atoms. The SMILES string of the molecule is CN1[C@@H]2CC[C@H]1C[C@@H](Oc1cccc(CNC(=O)c3ccc(-c4ccc(F)cc4)cc3)c1)C2. The first-order valence-corrected chi connectivity index (χ1v) is 11.7. The van der Waals surface area contributed by atoms with E-state index in [4.69, 9.17) is 4.74 Å². The van der Waals surface area contributed by atoms with Gasteiger partial charge in [0.25, 0.3) is 5.91 Å². The molecule has 1 N–H and O–H groups in total. The molecule has 0 aromatic heterocycles. The highest BCUT2D eigenvalue weighted by Gasteiger charge is 2.39. The number of hydrogen-bond acceptors (Lipinski definition) is 3. The van der Waals surface area contributed by atoms with Gasteiger partial charge in [0.1, 0.15) is 17.7 Å². The third kappa shape index (κ3) is 4.93. The molecule has 2 aliphatic rings. The summed E-state index contributed by atoms with van der Waals surface area (Å²) >= 11 is 0. The summed E-state index contributed by atoms with van der Waals surface area (Å²) < 4.78 is 19.4. The molecule has 3 aromatic rings. The monoisotopic (exact) mass is 444 g/mol. The Labute approximate surface area is 194 Å². The summed E-state index contributed by atoms with van der Waals surface area (Å²) in [5.74, 6) is 0.487. The van der Waals surface area contributed by atoms with Crippen molar-refractivity contribution in [2.24, 2.45) is 0 Å². The third-order valence-electron chi connectivity index (χ3n) is 7.03. The Kier molecular flexibility index (Phi) is 6.14. The smallest absolute Gasteiger partial charge is 0.251 e. The third-order valence-corrected chi connectivity index (χ3v) is 7.03. The molecule has 2 heterocycles. The number of carbonyl (C=O) groups is 1. The molecular formula is C28H29FN2O2. The largest absolute Gasteiger partial charge is 0.490 e. The van der Waals surface area contributed by atoms with E-state index >= 15 is 0 Å². The average molecular weight is 445 g/mol. The van der Waals surface area contributed by atoms with Crippen LogP contribution >= 0.6 is 0 Å². The van der Waals surface area contributed by atoms with Crippen LogP contribution in [0.2, 0.25) is 0 Å². The number of amides is 1. The first kappa shape index (κ1) is 21.7. The van der Waals surface area contributed by atoms with Gasteiger partial charge in [-0.3, -0.25) is 4.79 Å². The Balaban J connectivity index is 1.17. The number of fused-ring (bicyclic) bond motifs is 2. The number of nitrogens with zero attached hydrogens (tertiary/aromatic N) is 1. The van der Waals surface area contributed by atoms with Gasteiger partial charge in [0.15, 0.2) is 0 Å². The van der Waals surface area contributed by atoms with Gasteiger partial charge in [0.2, 0.25) is 0 Å². The van der Waals surface area contributed by atoms with Crippen LogP contribution in [0.1, 0.15) is 41.6 Å². The Morgan fingerprint density at radius 3 is 2.27 bits per heavy atom. The van der Waals surface area contributed by atoms with Crippen molar-refractivity contribution in [2.75, 3.05) is 7.05 Å². The lowest BCUT2D eigenvalue weighted by Crippen LogP contribution is -2.43. The summed E-state index contributed by atoms with van der Waals surface area (Å²) in [4.78, 5) is 15.1. The molecule has 3 aromatic carbocycles. The van der Waals surface area contributed by atoms with Gasteiger partial charge in [-0.05, 0) is 85.8 Å². The molecule has 4 nitrogen and oxygen atoms in total. The van der Waals surface area contributed by atoms with Crippen LogP contribution in [0.15, 0.2) is 72.8 Å². The Bertz CT molecular complexity index is 1100. The van der Waals surface area contributed by atoms with Crippen LogP contribution in [-0.2, 0) is 6.54 Å². The molecule has 2 aliphatic heterocycles. The Morgan fingerprint density at radius 1 is 0.970 bits per heavy atom. The number of hydrogen-bond donors (Lipinski definition) is 1. The molecule has 2 bridgehead atoms. The van der Waals surface area contributed by atoms with Crippen LogP contribution in [0.4, 0.5) is 4.39 Å². The van der Waals surface area contributed by atoms with Gasteiger partial charge in [-0.25, -0.2) is 4.39 Å². The highest BCUT2D eigenvalue weighted by Crippen LogP contribution is 2.36. The van der Waals surface area contributed by atoms with Crippen LogP contribution in [-0.4, -0.2) is 36.0 Å². The summed E-state index contributed by atoms with van der Waals surface area (Å²) in [7, 11) is 2.23. The maximum Gasteiger partial charge on any atom is 0.251 e. The van der Waals surface area contributed by atoms with Crippen LogP contribution in [0.3, 0.4) is 0 Å². The van der Waals surface area contributed by atoms with E-state index in [2.05, 4.69) is 17.3 Å². The second kappa shape index (κ2) is 9.36. The predicted octanol–water partition coefficient (Wildman–Crippen LogP) is 5.43. The number of carbonyl (C=O) groups excluding carboxylic acids is 1. The molecular weight excluding hydrogens is 415 g/mol. The van der Waals surface area contributed by atoms with Crippen molar-refractivity contribution >= 4 is 5.91 Å². The molecule has 33 heavy (non-hydrogen) atoms. The van der Waals surface area contributed by atoms with Crippen molar-refractivity contribution in [2.45, 2.75) is 50.4 Å². The van der Waals surface area contributed by atoms with E-state index in [0.29, 0.717) is 24.2 Å². The molecule has 0 aliphatic carbocycles. The van der Waals surface area contributed by atoms with E-state index in [0.717, 1.165) is 35.3 Å². The highest BCUT2D eigenvalue weighted by molar-refractivity contribution is 5.94. The van der Waals surface area contributed by atoms with Gasteiger partial charge in [0.05, 0.1) is 0 Å². The van der Waals surface area contributed by atoms with Gasteiger partial charge in [-0.15, -0.1) is 0 Å². The minimum Gasteiger partial charge on any atom is -0.490 e. The van der Waals surface area contributed by atoms with Gasteiger partial charge in [-0.2, -0.15) is 0 Å². The fourth-order valence-electron chi connectivity index (χ4n) is 5.12. The summed E-state index contributed by atoms with van der Waals surface area (Å²) in [5.41, 5.74) is 3.46. The fourth-order valence-corrected chi connectivity index (χ4v) is 5.12. The van der Waals surface area contributed by atoms with E-state index in [1.807, 2.05) is 36.4 Å². The second-order valence-electron chi connectivity index (χ2n) is 9.18. The molecule has 5 rings (SSSR count). The maximum absolute atomic E-state index is 13.1.